The second kappa shape index (κ2) is 6.59. The fourth-order valence-electron chi connectivity index (χ4n) is 1.81. The van der Waals surface area contributed by atoms with Crippen molar-refractivity contribution in [3.63, 3.8) is 0 Å². The third kappa shape index (κ3) is 3.58. The minimum absolute atomic E-state index is 0. The number of carbonyl (C=O) groups is 1. The Bertz CT molecular complexity index is 389. The van der Waals surface area contributed by atoms with Crippen molar-refractivity contribution in [2.24, 2.45) is 0 Å². The molecule has 0 aliphatic carbocycles. The summed E-state index contributed by atoms with van der Waals surface area (Å²) in [5.74, 6) is -0.0446. The lowest BCUT2D eigenvalue weighted by Crippen LogP contribution is -2.45. The Morgan fingerprint density at radius 2 is 2.41 bits per heavy atom. The van der Waals surface area contributed by atoms with Gasteiger partial charge >= 0.3 is 0 Å². The molecule has 17 heavy (non-hydrogen) atoms. The zero-order valence-electron chi connectivity index (χ0n) is 9.59. The van der Waals surface area contributed by atoms with Crippen LogP contribution < -0.4 is 10.6 Å². The molecule has 2 heterocycles. The first-order valence-corrected chi connectivity index (χ1v) is 6.69. The maximum atomic E-state index is 11.9. The zero-order valence-corrected chi connectivity index (χ0v) is 12.0. The van der Waals surface area contributed by atoms with E-state index in [1.807, 2.05) is 12.3 Å². The van der Waals surface area contributed by atoms with Crippen molar-refractivity contribution >= 4 is 41.3 Å². The fourth-order valence-corrected chi connectivity index (χ4v) is 2.99. The quantitative estimate of drug-likeness (QED) is 0.880. The normalized spacial score (nSPS) is 19.5. The summed E-state index contributed by atoms with van der Waals surface area (Å²) >= 11 is 7.46. The molecule has 0 saturated carbocycles. The summed E-state index contributed by atoms with van der Waals surface area (Å²) in [5.41, 5.74) is 0.971. The molecule has 0 aromatic carbocycles. The Kier molecular flexibility index (Phi) is 5.73. The highest BCUT2D eigenvalue weighted by molar-refractivity contribution is 7.13. The van der Waals surface area contributed by atoms with Crippen LogP contribution in [0.15, 0.2) is 5.38 Å². The second-order valence-corrected chi connectivity index (χ2v) is 5.34. The first-order chi connectivity index (χ1) is 7.68. The van der Waals surface area contributed by atoms with Gasteiger partial charge in [-0.15, -0.1) is 23.7 Å². The molecule has 2 rings (SSSR count). The molecule has 96 valence electrons. The van der Waals surface area contributed by atoms with Gasteiger partial charge in [0.1, 0.15) is 4.88 Å². The maximum absolute atomic E-state index is 11.9. The summed E-state index contributed by atoms with van der Waals surface area (Å²) in [4.78, 5) is 12.6. The summed E-state index contributed by atoms with van der Waals surface area (Å²) in [6.07, 6.45) is 2.16. The van der Waals surface area contributed by atoms with E-state index in [2.05, 4.69) is 10.6 Å². The number of carbonyl (C=O) groups excluding carboxylic acids is 1. The fraction of sp³-hybridized carbons (Fsp3) is 0.545. The summed E-state index contributed by atoms with van der Waals surface area (Å²) in [7, 11) is 0. The van der Waals surface area contributed by atoms with E-state index >= 15 is 0 Å². The third-order valence-corrected chi connectivity index (χ3v) is 4.43. The van der Waals surface area contributed by atoms with Crippen molar-refractivity contribution in [3.8, 4) is 0 Å². The van der Waals surface area contributed by atoms with Gasteiger partial charge in [0, 0.05) is 12.6 Å². The Balaban J connectivity index is 0.00000144. The molecule has 6 heteroatoms. The van der Waals surface area contributed by atoms with Gasteiger partial charge in [0.25, 0.3) is 5.91 Å². The Morgan fingerprint density at radius 1 is 1.65 bits per heavy atom. The molecule has 1 aliphatic heterocycles. The van der Waals surface area contributed by atoms with Crippen LogP contribution in [-0.2, 0) is 0 Å². The minimum Gasteiger partial charge on any atom is -0.347 e. The van der Waals surface area contributed by atoms with Crippen LogP contribution in [0, 0.1) is 6.92 Å². The summed E-state index contributed by atoms with van der Waals surface area (Å²) in [6.45, 7) is 3.82. The Hall–Kier alpha value is -0.290. The average molecular weight is 295 g/mol. The highest BCUT2D eigenvalue weighted by atomic mass is 35.5. The molecule has 1 aliphatic rings. The molecule has 0 unspecified atom stereocenters. The highest BCUT2D eigenvalue weighted by Gasteiger charge is 2.19. The molecular weight excluding hydrogens is 279 g/mol. The molecule has 1 aromatic heterocycles. The minimum atomic E-state index is -0.0446. The number of thiophene rings is 1. The molecule has 1 fully saturated rings. The molecule has 3 nitrogen and oxygen atoms in total. The first kappa shape index (κ1) is 14.8. The highest BCUT2D eigenvalue weighted by Crippen LogP contribution is 2.27. The van der Waals surface area contributed by atoms with Crippen LogP contribution in [0.4, 0.5) is 0 Å². The van der Waals surface area contributed by atoms with Crippen molar-refractivity contribution in [1.82, 2.24) is 10.6 Å². The maximum Gasteiger partial charge on any atom is 0.263 e. The molecule has 1 amide bonds. The number of hydrogen-bond donors (Lipinski definition) is 2. The van der Waals surface area contributed by atoms with Crippen LogP contribution in [0.2, 0.25) is 5.02 Å². The molecule has 1 aromatic rings. The Morgan fingerprint density at radius 3 is 2.94 bits per heavy atom. The van der Waals surface area contributed by atoms with E-state index in [4.69, 9.17) is 11.6 Å². The van der Waals surface area contributed by atoms with Crippen molar-refractivity contribution in [2.45, 2.75) is 25.8 Å². The second-order valence-electron chi connectivity index (χ2n) is 4.08. The van der Waals surface area contributed by atoms with Gasteiger partial charge in [0.15, 0.2) is 0 Å². The van der Waals surface area contributed by atoms with Gasteiger partial charge in [-0.2, -0.15) is 0 Å². The van der Waals surface area contributed by atoms with E-state index < -0.39 is 0 Å². The van der Waals surface area contributed by atoms with E-state index in [0.717, 1.165) is 31.5 Å². The van der Waals surface area contributed by atoms with Crippen molar-refractivity contribution in [1.29, 1.82) is 0 Å². The largest absolute Gasteiger partial charge is 0.347 e. The van der Waals surface area contributed by atoms with Gasteiger partial charge in [0.2, 0.25) is 0 Å². The first-order valence-electron chi connectivity index (χ1n) is 5.43. The summed E-state index contributed by atoms with van der Waals surface area (Å²) in [5, 5.41) is 8.78. The third-order valence-electron chi connectivity index (χ3n) is 2.74. The number of nitrogens with one attached hydrogen (secondary N) is 2. The standard InChI is InChI=1S/C11H15ClN2OS.ClH/c1-7-6-16-10(9(7)12)11(15)14-8-3-2-4-13-5-8;/h6,8,13H,2-5H2,1H3,(H,14,15);1H/t8-;/m0./s1. The smallest absolute Gasteiger partial charge is 0.263 e. The monoisotopic (exact) mass is 294 g/mol. The van der Waals surface area contributed by atoms with E-state index in [0.29, 0.717) is 9.90 Å². The molecule has 2 N–H and O–H groups in total. The van der Waals surface area contributed by atoms with Crippen LogP contribution in [0.5, 0.6) is 0 Å². The van der Waals surface area contributed by atoms with Crippen LogP contribution in [0.3, 0.4) is 0 Å². The molecule has 0 radical (unpaired) electrons. The van der Waals surface area contributed by atoms with Gasteiger partial charge < -0.3 is 10.6 Å². The SMILES string of the molecule is Cc1csc(C(=O)N[C@H]2CCCNC2)c1Cl.Cl. The summed E-state index contributed by atoms with van der Waals surface area (Å²) < 4.78 is 0. The zero-order chi connectivity index (χ0) is 11.5. The van der Waals surface area contributed by atoms with Crippen LogP contribution in [0.25, 0.3) is 0 Å². The number of amides is 1. The topological polar surface area (TPSA) is 41.1 Å². The van der Waals surface area contributed by atoms with Gasteiger partial charge in [-0.3, -0.25) is 4.79 Å². The summed E-state index contributed by atoms with van der Waals surface area (Å²) in [6, 6.07) is 0.236. The van der Waals surface area contributed by atoms with Gasteiger partial charge in [-0.25, -0.2) is 0 Å². The Labute approximate surface area is 116 Å². The van der Waals surface area contributed by atoms with E-state index in [-0.39, 0.29) is 24.4 Å². The molecule has 0 bridgehead atoms. The van der Waals surface area contributed by atoms with E-state index in [1.165, 1.54) is 11.3 Å². The number of halogens is 2. The van der Waals surface area contributed by atoms with Crippen molar-refractivity contribution < 1.29 is 4.79 Å². The lowest BCUT2D eigenvalue weighted by atomic mass is 10.1. The predicted molar refractivity (Wildman–Crippen MR) is 74.7 cm³/mol. The van der Waals surface area contributed by atoms with Crippen molar-refractivity contribution in [2.75, 3.05) is 13.1 Å². The number of aryl methyl sites for hydroxylation is 1. The van der Waals surface area contributed by atoms with Crippen molar-refractivity contribution in [3.05, 3.63) is 20.8 Å². The molecule has 0 spiro atoms. The number of rotatable bonds is 2. The lowest BCUT2D eigenvalue weighted by Gasteiger charge is -2.23. The number of hydrogen-bond acceptors (Lipinski definition) is 3. The van der Waals surface area contributed by atoms with E-state index in [9.17, 15) is 4.79 Å². The van der Waals surface area contributed by atoms with Gasteiger partial charge in [0.05, 0.1) is 5.02 Å². The predicted octanol–water partition coefficient (Wildman–Crippen LogP) is 2.61. The van der Waals surface area contributed by atoms with Crippen LogP contribution in [0.1, 0.15) is 28.1 Å². The molecule has 1 atom stereocenters. The van der Waals surface area contributed by atoms with Crippen LogP contribution >= 0.6 is 35.3 Å². The van der Waals surface area contributed by atoms with E-state index in [1.54, 1.807) is 0 Å². The molecule has 1 saturated heterocycles. The van der Waals surface area contributed by atoms with Crippen LogP contribution in [-0.4, -0.2) is 25.0 Å². The van der Waals surface area contributed by atoms with Gasteiger partial charge in [-0.05, 0) is 37.3 Å². The number of piperidine rings is 1. The lowest BCUT2D eigenvalue weighted by molar-refractivity contribution is 0.0935. The average Bonchev–Trinajstić information content (AvgIpc) is 2.61. The molecular formula is C11H16Cl2N2OS. The van der Waals surface area contributed by atoms with Gasteiger partial charge in [-0.1, -0.05) is 11.6 Å².